The molecule has 20 heavy (non-hydrogen) atoms. The van der Waals surface area contributed by atoms with E-state index < -0.39 is 0 Å². The quantitative estimate of drug-likeness (QED) is 0.673. The van der Waals surface area contributed by atoms with Crippen LogP contribution in [0.1, 0.15) is 16.7 Å². The summed E-state index contributed by atoms with van der Waals surface area (Å²) in [4.78, 5) is 4.31. The SMILES string of the molecule is Cc1cccc(-n2cnc3cc(C#N)c(C#N)cc32)c1. The second-order valence-corrected chi connectivity index (χ2v) is 4.56. The van der Waals surface area contributed by atoms with Gasteiger partial charge in [-0.3, -0.25) is 4.57 Å². The van der Waals surface area contributed by atoms with Crippen molar-refractivity contribution in [1.82, 2.24) is 9.55 Å². The third-order valence-electron chi connectivity index (χ3n) is 3.21. The van der Waals surface area contributed by atoms with Crippen molar-refractivity contribution in [1.29, 1.82) is 10.5 Å². The summed E-state index contributed by atoms with van der Waals surface area (Å²) in [6.07, 6.45) is 1.71. The van der Waals surface area contributed by atoms with Crippen molar-refractivity contribution in [2.24, 2.45) is 0 Å². The summed E-state index contributed by atoms with van der Waals surface area (Å²) >= 11 is 0. The van der Waals surface area contributed by atoms with Crippen molar-refractivity contribution in [2.45, 2.75) is 6.92 Å². The molecule has 2 aromatic carbocycles. The van der Waals surface area contributed by atoms with Crippen molar-refractivity contribution in [3.8, 4) is 17.8 Å². The average Bonchev–Trinajstić information content (AvgIpc) is 2.88. The number of aromatic nitrogens is 2. The van der Waals surface area contributed by atoms with Gasteiger partial charge >= 0.3 is 0 Å². The molecule has 0 saturated carbocycles. The number of aryl methyl sites for hydroxylation is 1. The third-order valence-corrected chi connectivity index (χ3v) is 3.21. The lowest BCUT2D eigenvalue weighted by Crippen LogP contribution is -1.93. The molecule has 0 radical (unpaired) electrons. The maximum Gasteiger partial charge on any atom is 0.101 e. The molecule has 0 aliphatic carbocycles. The zero-order valence-corrected chi connectivity index (χ0v) is 10.8. The number of hydrogen-bond acceptors (Lipinski definition) is 3. The predicted molar refractivity (Wildman–Crippen MR) is 75.2 cm³/mol. The van der Waals surface area contributed by atoms with Crippen LogP contribution in [-0.2, 0) is 0 Å². The number of rotatable bonds is 1. The molecule has 0 saturated heterocycles. The second kappa shape index (κ2) is 4.53. The smallest absolute Gasteiger partial charge is 0.101 e. The maximum absolute atomic E-state index is 9.12. The van der Waals surface area contributed by atoms with Crippen molar-refractivity contribution >= 4 is 11.0 Å². The zero-order chi connectivity index (χ0) is 14.1. The summed E-state index contributed by atoms with van der Waals surface area (Å²) in [5, 5.41) is 18.2. The summed E-state index contributed by atoms with van der Waals surface area (Å²) in [7, 11) is 0. The summed E-state index contributed by atoms with van der Waals surface area (Å²) in [6.45, 7) is 2.02. The molecule has 0 fully saturated rings. The normalized spacial score (nSPS) is 10.2. The molecule has 0 atom stereocenters. The second-order valence-electron chi connectivity index (χ2n) is 4.56. The van der Waals surface area contributed by atoms with Crippen molar-refractivity contribution in [3.05, 3.63) is 59.4 Å². The zero-order valence-electron chi connectivity index (χ0n) is 10.8. The van der Waals surface area contributed by atoms with E-state index in [1.165, 1.54) is 0 Å². The van der Waals surface area contributed by atoms with Gasteiger partial charge in [-0.2, -0.15) is 10.5 Å². The highest BCUT2D eigenvalue weighted by Crippen LogP contribution is 2.22. The molecule has 0 spiro atoms. The van der Waals surface area contributed by atoms with Crippen LogP contribution in [0.25, 0.3) is 16.7 Å². The van der Waals surface area contributed by atoms with Crippen molar-refractivity contribution in [2.75, 3.05) is 0 Å². The van der Waals surface area contributed by atoms with E-state index in [1.807, 2.05) is 41.8 Å². The molecular weight excluding hydrogens is 248 g/mol. The third kappa shape index (κ3) is 1.81. The van der Waals surface area contributed by atoms with Gasteiger partial charge in [0.05, 0.1) is 22.2 Å². The molecule has 4 nitrogen and oxygen atoms in total. The number of nitriles is 2. The monoisotopic (exact) mass is 258 g/mol. The Morgan fingerprint density at radius 3 is 2.50 bits per heavy atom. The Morgan fingerprint density at radius 1 is 1.05 bits per heavy atom. The minimum Gasteiger partial charge on any atom is -0.299 e. The number of benzene rings is 2. The topological polar surface area (TPSA) is 65.4 Å². The van der Waals surface area contributed by atoms with E-state index in [0.29, 0.717) is 16.6 Å². The first-order valence-electron chi connectivity index (χ1n) is 6.11. The highest BCUT2D eigenvalue weighted by Gasteiger charge is 2.10. The standard InChI is InChI=1S/C16H10N4/c1-11-3-2-4-14(5-11)20-10-19-15-6-12(8-17)13(9-18)7-16(15)20/h2-7,10H,1H3. The van der Waals surface area contributed by atoms with Crippen LogP contribution in [0.4, 0.5) is 0 Å². The molecule has 0 amide bonds. The van der Waals surface area contributed by atoms with Gasteiger partial charge in [0.1, 0.15) is 18.5 Å². The average molecular weight is 258 g/mol. The molecule has 1 aromatic heterocycles. The Hall–Kier alpha value is -3.11. The minimum absolute atomic E-state index is 0.356. The number of nitrogens with zero attached hydrogens (tertiary/aromatic N) is 4. The highest BCUT2D eigenvalue weighted by atomic mass is 15.0. The maximum atomic E-state index is 9.12. The van der Waals surface area contributed by atoms with Gasteiger partial charge < -0.3 is 0 Å². The van der Waals surface area contributed by atoms with Crippen LogP contribution in [-0.4, -0.2) is 9.55 Å². The Morgan fingerprint density at radius 2 is 1.80 bits per heavy atom. The van der Waals surface area contributed by atoms with E-state index >= 15 is 0 Å². The van der Waals surface area contributed by atoms with E-state index in [2.05, 4.69) is 11.1 Å². The molecule has 3 rings (SSSR count). The predicted octanol–water partition coefficient (Wildman–Crippen LogP) is 3.08. The van der Waals surface area contributed by atoms with Crippen LogP contribution in [0.5, 0.6) is 0 Å². The van der Waals surface area contributed by atoms with E-state index in [4.69, 9.17) is 10.5 Å². The van der Waals surface area contributed by atoms with Gasteiger partial charge in [-0.25, -0.2) is 4.98 Å². The minimum atomic E-state index is 0.356. The molecule has 4 heteroatoms. The van der Waals surface area contributed by atoms with Crippen molar-refractivity contribution < 1.29 is 0 Å². The molecule has 0 N–H and O–H groups in total. The van der Waals surface area contributed by atoms with Gasteiger partial charge in [0, 0.05) is 5.69 Å². The first kappa shape index (κ1) is 12.0. The number of imidazole rings is 1. The van der Waals surface area contributed by atoms with Gasteiger partial charge in [0.15, 0.2) is 0 Å². The van der Waals surface area contributed by atoms with Crippen molar-refractivity contribution in [3.63, 3.8) is 0 Å². The molecule has 94 valence electrons. The van der Waals surface area contributed by atoms with Crippen LogP contribution in [0.2, 0.25) is 0 Å². The Bertz CT molecular complexity index is 891. The Balaban J connectivity index is 2.29. The van der Waals surface area contributed by atoms with E-state index in [-0.39, 0.29) is 0 Å². The van der Waals surface area contributed by atoms with E-state index in [0.717, 1.165) is 16.8 Å². The number of fused-ring (bicyclic) bond motifs is 1. The first-order chi connectivity index (χ1) is 9.72. The molecular formula is C16H10N4. The lowest BCUT2D eigenvalue weighted by Gasteiger charge is -2.05. The summed E-state index contributed by atoms with van der Waals surface area (Å²) in [5.74, 6) is 0. The summed E-state index contributed by atoms with van der Waals surface area (Å²) in [6, 6.07) is 15.5. The largest absolute Gasteiger partial charge is 0.299 e. The lowest BCUT2D eigenvalue weighted by molar-refractivity contribution is 1.09. The fourth-order valence-corrected chi connectivity index (χ4v) is 2.22. The molecule has 0 aliphatic heterocycles. The van der Waals surface area contributed by atoms with Gasteiger partial charge in [-0.05, 0) is 36.8 Å². The van der Waals surface area contributed by atoms with Crippen LogP contribution in [0.3, 0.4) is 0 Å². The molecule has 3 aromatic rings. The van der Waals surface area contributed by atoms with Crippen LogP contribution >= 0.6 is 0 Å². The van der Waals surface area contributed by atoms with Gasteiger partial charge in [0.2, 0.25) is 0 Å². The van der Waals surface area contributed by atoms with E-state index in [1.54, 1.807) is 18.5 Å². The molecule has 1 heterocycles. The first-order valence-corrected chi connectivity index (χ1v) is 6.11. The molecule has 0 aliphatic rings. The van der Waals surface area contributed by atoms with Crippen LogP contribution in [0, 0.1) is 29.6 Å². The molecule has 0 bridgehead atoms. The Kier molecular flexibility index (Phi) is 2.71. The summed E-state index contributed by atoms with van der Waals surface area (Å²) in [5.41, 5.74) is 4.40. The molecule has 0 unspecified atom stereocenters. The van der Waals surface area contributed by atoms with Gasteiger partial charge in [-0.1, -0.05) is 12.1 Å². The van der Waals surface area contributed by atoms with Crippen LogP contribution < -0.4 is 0 Å². The fourth-order valence-electron chi connectivity index (χ4n) is 2.22. The highest BCUT2D eigenvalue weighted by molar-refractivity contribution is 5.81. The Labute approximate surface area is 116 Å². The fraction of sp³-hybridized carbons (Fsp3) is 0.0625. The van der Waals surface area contributed by atoms with Gasteiger partial charge in [-0.15, -0.1) is 0 Å². The van der Waals surface area contributed by atoms with Crippen LogP contribution in [0.15, 0.2) is 42.7 Å². The van der Waals surface area contributed by atoms with Gasteiger partial charge in [0.25, 0.3) is 0 Å². The number of hydrogen-bond donors (Lipinski definition) is 0. The van der Waals surface area contributed by atoms with E-state index in [9.17, 15) is 0 Å². The summed E-state index contributed by atoms with van der Waals surface area (Å²) < 4.78 is 1.92. The lowest BCUT2D eigenvalue weighted by atomic mass is 10.1.